The van der Waals surface area contributed by atoms with Crippen LogP contribution in [0.25, 0.3) is 11.0 Å². The molecule has 0 bridgehead atoms. The molecule has 104 valence electrons. The number of para-hydroxylation sites is 1. The first-order chi connectivity index (χ1) is 10.3. The molecule has 0 spiro atoms. The van der Waals surface area contributed by atoms with E-state index in [1.165, 1.54) is 0 Å². The normalized spacial score (nSPS) is 10.7. The average Bonchev–Trinajstić information content (AvgIpc) is 2.50. The van der Waals surface area contributed by atoms with Crippen molar-refractivity contribution in [3.8, 4) is 0 Å². The van der Waals surface area contributed by atoms with Crippen LogP contribution in [-0.2, 0) is 12.8 Å². The van der Waals surface area contributed by atoms with E-state index in [9.17, 15) is 4.79 Å². The van der Waals surface area contributed by atoms with E-state index in [-0.39, 0.29) is 5.63 Å². The summed E-state index contributed by atoms with van der Waals surface area (Å²) in [6.07, 6.45) is 3.09. The zero-order chi connectivity index (χ0) is 14.7. The zero-order valence-electron chi connectivity index (χ0n) is 11.7. The number of allylic oxidation sites excluding steroid dienone is 1. The maximum atomic E-state index is 12.2. The van der Waals surface area contributed by atoms with Crippen LogP contribution in [0.1, 0.15) is 16.7 Å². The Bertz CT molecular complexity index is 829. The minimum Gasteiger partial charge on any atom is -0.422 e. The van der Waals surface area contributed by atoms with E-state index < -0.39 is 0 Å². The lowest BCUT2D eigenvalue weighted by atomic mass is 10.0. The monoisotopic (exact) mass is 276 g/mol. The van der Waals surface area contributed by atoms with Crippen LogP contribution >= 0.6 is 0 Å². The average molecular weight is 276 g/mol. The second kappa shape index (κ2) is 5.80. The fourth-order valence-electron chi connectivity index (χ4n) is 2.50. The minimum absolute atomic E-state index is 0.261. The summed E-state index contributed by atoms with van der Waals surface area (Å²) in [5.41, 5.74) is 3.18. The summed E-state index contributed by atoms with van der Waals surface area (Å²) in [6, 6.07) is 17.8. The van der Waals surface area contributed by atoms with Crippen molar-refractivity contribution >= 4 is 11.0 Å². The third-order valence-corrected chi connectivity index (χ3v) is 3.52. The first-order valence-electron chi connectivity index (χ1n) is 6.97. The topological polar surface area (TPSA) is 30.2 Å². The van der Waals surface area contributed by atoms with Crippen LogP contribution < -0.4 is 5.63 Å². The Kier molecular flexibility index (Phi) is 3.69. The lowest BCUT2D eigenvalue weighted by Gasteiger charge is -2.05. The van der Waals surface area contributed by atoms with Gasteiger partial charge in [-0.15, -0.1) is 6.58 Å². The molecule has 21 heavy (non-hydrogen) atoms. The first-order valence-corrected chi connectivity index (χ1v) is 6.97. The second-order valence-electron chi connectivity index (χ2n) is 5.05. The molecule has 0 aliphatic rings. The van der Waals surface area contributed by atoms with Crippen LogP contribution in [0.5, 0.6) is 0 Å². The van der Waals surface area contributed by atoms with Gasteiger partial charge in [0.15, 0.2) is 0 Å². The van der Waals surface area contributed by atoms with Crippen LogP contribution in [0.2, 0.25) is 0 Å². The molecule has 3 aromatic rings. The van der Waals surface area contributed by atoms with Gasteiger partial charge in [0.1, 0.15) is 5.58 Å². The van der Waals surface area contributed by atoms with Crippen LogP contribution in [-0.4, -0.2) is 0 Å². The molecule has 2 aromatic carbocycles. The van der Waals surface area contributed by atoms with Crippen LogP contribution in [0, 0.1) is 0 Å². The van der Waals surface area contributed by atoms with Gasteiger partial charge < -0.3 is 4.42 Å². The van der Waals surface area contributed by atoms with Gasteiger partial charge in [-0.25, -0.2) is 4.79 Å². The summed E-state index contributed by atoms with van der Waals surface area (Å²) >= 11 is 0. The van der Waals surface area contributed by atoms with Crippen LogP contribution in [0.15, 0.2) is 76.5 Å². The maximum Gasteiger partial charge on any atom is 0.339 e. The quantitative estimate of drug-likeness (QED) is 0.530. The van der Waals surface area contributed by atoms with E-state index in [1.54, 1.807) is 0 Å². The third-order valence-electron chi connectivity index (χ3n) is 3.52. The van der Waals surface area contributed by atoms with Gasteiger partial charge in [-0.2, -0.15) is 0 Å². The molecule has 0 saturated carbocycles. The maximum absolute atomic E-state index is 12.2. The number of hydrogen-bond acceptors (Lipinski definition) is 2. The Morgan fingerprint density at radius 2 is 1.81 bits per heavy atom. The predicted molar refractivity (Wildman–Crippen MR) is 85.6 cm³/mol. The molecule has 0 saturated heterocycles. The van der Waals surface area contributed by atoms with E-state index in [4.69, 9.17) is 4.42 Å². The van der Waals surface area contributed by atoms with Gasteiger partial charge in [-0.1, -0.05) is 54.6 Å². The Morgan fingerprint density at radius 1 is 1.00 bits per heavy atom. The van der Waals surface area contributed by atoms with Gasteiger partial charge in [0.2, 0.25) is 0 Å². The Labute approximate surface area is 123 Å². The van der Waals surface area contributed by atoms with Crippen molar-refractivity contribution in [1.29, 1.82) is 0 Å². The van der Waals surface area contributed by atoms with Gasteiger partial charge >= 0.3 is 5.63 Å². The van der Waals surface area contributed by atoms with Gasteiger partial charge in [-0.3, -0.25) is 0 Å². The molecule has 0 fully saturated rings. The van der Waals surface area contributed by atoms with Gasteiger partial charge in [-0.05, 0) is 23.6 Å². The van der Waals surface area contributed by atoms with Crippen molar-refractivity contribution in [2.75, 3.05) is 0 Å². The Hall–Kier alpha value is -2.61. The Balaban J connectivity index is 2.08. The summed E-state index contributed by atoms with van der Waals surface area (Å²) in [5, 5.41) is 0.958. The molecule has 1 heterocycles. The zero-order valence-corrected chi connectivity index (χ0v) is 11.7. The van der Waals surface area contributed by atoms with Crippen molar-refractivity contribution in [2.45, 2.75) is 12.8 Å². The SMILES string of the molecule is C=CCc1cccc2cc(Cc3ccccc3)c(=O)oc12. The molecule has 3 rings (SSSR count). The molecule has 1 aromatic heterocycles. The van der Waals surface area contributed by atoms with E-state index in [0.717, 1.165) is 16.5 Å². The summed E-state index contributed by atoms with van der Waals surface area (Å²) < 4.78 is 5.55. The highest BCUT2D eigenvalue weighted by atomic mass is 16.4. The smallest absolute Gasteiger partial charge is 0.339 e. The molecule has 0 N–H and O–H groups in total. The number of fused-ring (bicyclic) bond motifs is 1. The fraction of sp³-hybridized carbons (Fsp3) is 0.105. The molecule has 0 radical (unpaired) electrons. The number of rotatable bonds is 4. The van der Waals surface area contributed by atoms with Crippen molar-refractivity contribution in [2.24, 2.45) is 0 Å². The van der Waals surface area contributed by atoms with Crippen LogP contribution in [0.4, 0.5) is 0 Å². The summed E-state index contributed by atoms with van der Waals surface area (Å²) in [7, 11) is 0. The standard InChI is InChI=1S/C19H16O2/c1-2-7-15-10-6-11-16-13-17(19(20)21-18(15)16)12-14-8-4-3-5-9-14/h2-6,8-11,13H,1,7,12H2. The molecule has 2 nitrogen and oxygen atoms in total. The molecule has 0 amide bonds. The highest BCUT2D eigenvalue weighted by molar-refractivity contribution is 5.80. The molecule has 0 atom stereocenters. The molecule has 0 unspecified atom stereocenters. The summed E-state index contributed by atoms with van der Waals surface area (Å²) in [6.45, 7) is 3.74. The van der Waals surface area contributed by atoms with E-state index in [2.05, 4.69) is 6.58 Å². The third kappa shape index (κ3) is 2.79. The fourth-order valence-corrected chi connectivity index (χ4v) is 2.50. The molecule has 0 aliphatic carbocycles. The van der Waals surface area contributed by atoms with Gasteiger partial charge in [0, 0.05) is 17.4 Å². The highest BCUT2D eigenvalue weighted by Crippen LogP contribution is 2.20. The molecular weight excluding hydrogens is 260 g/mol. The van der Waals surface area contributed by atoms with E-state index >= 15 is 0 Å². The molecule has 0 aliphatic heterocycles. The number of benzene rings is 2. The summed E-state index contributed by atoms with van der Waals surface area (Å²) in [5.74, 6) is 0. The summed E-state index contributed by atoms with van der Waals surface area (Å²) in [4.78, 5) is 12.2. The lowest BCUT2D eigenvalue weighted by molar-refractivity contribution is 0.549. The Morgan fingerprint density at radius 3 is 2.57 bits per heavy atom. The van der Waals surface area contributed by atoms with Crippen molar-refractivity contribution in [3.63, 3.8) is 0 Å². The predicted octanol–water partition coefficient (Wildman–Crippen LogP) is 4.11. The second-order valence-corrected chi connectivity index (χ2v) is 5.05. The molecule has 2 heteroatoms. The first kappa shape index (κ1) is 13.4. The molecular formula is C19H16O2. The van der Waals surface area contributed by atoms with E-state index in [0.29, 0.717) is 24.0 Å². The van der Waals surface area contributed by atoms with Crippen molar-refractivity contribution in [3.05, 3.63) is 94.4 Å². The van der Waals surface area contributed by atoms with E-state index in [1.807, 2.05) is 60.7 Å². The van der Waals surface area contributed by atoms with Crippen molar-refractivity contribution in [1.82, 2.24) is 0 Å². The largest absolute Gasteiger partial charge is 0.422 e. The van der Waals surface area contributed by atoms with Gasteiger partial charge in [0.25, 0.3) is 0 Å². The minimum atomic E-state index is -0.261. The lowest BCUT2D eigenvalue weighted by Crippen LogP contribution is -2.08. The number of hydrogen-bond donors (Lipinski definition) is 0. The van der Waals surface area contributed by atoms with Crippen LogP contribution in [0.3, 0.4) is 0 Å². The highest BCUT2D eigenvalue weighted by Gasteiger charge is 2.08. The van der Waals surface area contributed by atoms with Gasteiger partial charge in [0.05, 0.1) is 0 Å². The van der Waals surface area contributed by atoms with Crippen molar-refractivity contribution < 1.29 is 4.42 Å².